The van der Waals surface area contributed by atoms with E-state index in [4.69, 9.17) is 4.74 Å². The van der Waals surface area contributed by atoms with Gasteiger partial charge in [0.25, 0.3) is 0 Å². The maximum atomic E-state index is 6.79. The molecule has 1 heterocycles. The Morgan fingerprint density at radius 2 is 0.847 bits per heavy atom. The summed E-state index contributed by atoms with van der Waals surface area (Å²) in [7, 11) is 0. The van der Waals surface area contributed by atoms with Gasteiger partial charge < -0.3 is 9.64 Å². The van der Waals surface area contributed by atoms with Crippen molar-refractivity contribution < 1.29 is 4.74 Å². The standard InChI is InChI=1S/C57H39NO/c1-36-31-37(2)56-48(32-36)47-28-23-41(33-51(47)57(56)49-19-11-9-17-45(49)46-18-10-12-20-50(46)57)40-21-26-44(27-22-40)58-52-29-24-42(38-13-5-3-6-14-38)34-54(52)59-55-35-43(25-30-53(55)58)39-15-7-4-8-16-39/h3-35H,1-2H3. The summed E-state index contributed by atoms with van der Waals surface area (Å²) in [5.74, 6) is 1.67. The Balaban J connectivity index is 0.992. The van der Waals surface area contributed by atoms with Crippen molar-refractivity contribution in [3.63, 3.8) is 0 Å². The molecule has 9 aromatic carbocycles. The van der Waals surface area contributed by atoms with Crippen LogP contribution in [0.3, 0.4) is 0 Å². The average Bonchev–Trinajstić information content (AvgIpc) is 3.75. The normalized spacial score (nSPS) is 13.5. The summed E-state index contributed by atoms with van der Waals surface area (Å²) in [6.07, 6.45) is 0. The van der Waals surface area contributed by atoms with Gasteiger partial charge in [-0.3, -0.25) is 0 Å². The molecule has 0 unspecified atom stereocenters. The number of ether oxygens (including phenoxy) is 1. The van der Waals surface area contributed by atoms with Crippen molar-refractivity contribution in [1.82, 2.24) is 0 Å². The van der Waals surface area contributed by atoms with E-state index >= 15 is 0 Å². The molecule has 0 fully saturated rings. The Kier molecular flexibility index (Phi) is 7.31. The first-order chi connectivity index (χ1) is 29.1. The second kappa shape index (κ2) is 12.8. The fourth-order valence-corrected chi connectivity index (χ4v) is 10.4. The second-order valence-electron chi connectivity index (χ2n) is 16.2. The lowest BCUT2D eigenvalue weighted by Crippen LogP contribution is -2.27. The quantitative estimate of drug-likeness (QED) is 0.177. The Hall–Kier alpha value is -7.42. The van der Waals surface area contributed by atoms with E-state index in [0.29, 0.717) is 0 Å². The van der Waals surface area contributed by atoms with Gasteiger partial charge in [0.1, 0.15) is 0 Å². The number of rotatable bonds is 4. The van der Waals surface area contributed by atoms with E-state index in [1.165, 1.54) is 66.8 Å². The summed E-state index contributed by atoms with van der Waals surface area (Å²) in [6.45, 7) is 4.52. The molecule has 0 N–H and O–H groups in total. The van der Waals surface area contributed by atoms with Crippen LogP contribution in [0.2, 0.25) is 0 Å². The first kappa shape index (κ1) is 33.7. The van der Waals surface area contributed by atoms with E-state index < -0.39 is 0 Å². The number of fused-ring (bicyclic) bond motifs is 12. The highest BCUT2D eigenvalue weighted by Gasteiger charge is 2.52. The van der Waals surface area contributed by atoms with Gasteiger partial charge in [0, 0.05) is 5.69 Å². The Labute approximate surface area is 345 Å². The van der Waals surface area contributed by atoms with Crippen molar-refractivity contribution in [3.8, 4) is 67.1 Å². The highest BCUT2D eigenvalue weighted by Crippen LogP contribution is 2.64. The van der Waals surface area contributed by atoms with Crippen molar-refractivity contribution >= 4 is 17.1 Å². The number of benzene rings is 9. The van der Waals surface area contributed by atoms with Crippen LogP contribution in [0, 0.1) is 13.8 Å². The Morgan fingerprint density at radius 3 is 1.44 bits per heavy atom. The minimum absolute atomic E-state index is 0.385. The number of hydrogen-bond acceptors (Lipinski definition) is 2. The molecule has 9 aromatic rings. The van der Waals surface area contributed by atoms with Crippen molar-refractivity contribution in [2.45, 2.75) is 19.3 Å². The van der Waals surface area contributed by atoms with Crippen molar-refractivity contribution in [3.05, 3.63) is 234 Å². The van der Waals surface area contributed by atoms with Crippen LogP contribution in [-0.2, 0) is 5.41 Å². The lowest BCUT2D eigenvalue weighted by Gasteiger charge is -2.33. The predicted octanol–water partition coefficient (Wildman–Crippen LogP) is 15.2. The average molecular weight is 754 g/mol. The highest BCUT2D eigenvalue weighted by molar-refractivity contribution is 5.97. The Morgan fingerprint density at radius 1 is 0.373 bits per heavy atom. The molecule has 0 saturated heterocycles. The second-order valence-corrected chi connectivity index (χ2v) is 16.2. The third kappa shape index (κ3) is 4.93. The fourth-order valence-electron chi connectivity index (χ4n) is 10.4. The summed E-state index contributed by atoms with van der Waals surface area (Å²) in [5, 5.41) is 0. The molecule has 1 aliphatic heterocycles. The van der Waals surface area contributed by atoms with Crippen molar-refractivity contribution in [2.75, 3.05) is 4.90 Å². The first-order valence-corrected chi connectivity index (χ1v) is 20.5. The topological polar surface area (TPSA) is 12.5 Å². The van der Waals surface area contributed by atoms with Crippen LogP contribution in [-0.4, -0.2) is 0 Å². The zero-order valence-electron chi connectivity index (χ0n) is 32.9. The van der Waals surface area contributed by atoms with Crippen LogP contribution in [0.15, 0.2) is 200 Å². The molecule has 2 aliphatic carbocycles. The zero-order valence-corrected chi connectivity index (χ0v) is 32.9. The molecule has 12 rings (SSSR count). The number of anilines is 3. The molecule has 1 spiro atoms. The van der Waals surface area contributed by atoms with Crippen LogP contribution in [0.5, 0.6) is 11.5 Å². The van der Waals surface area contributed by atoms with Crippen molar-refractivity contribution in [2.24, 2.45) is 0 Å². The summed E-state index contributed by atoms with van der Waals surface area (Å²) < 4.78 is 6.79. The molecule has 278 valence electrons. The summed E-state index contributed by atoms with van der Waals surface area (Å²) >= 11 is 0. The van der Waals surface area contributed by atoms with E-state index in [1.54, 1.807) is 0 Å². The van der Waals surface area contributed by atoms with Gasteiger partial charge in [-0.15, -0.1) is 0 Å². The van der Waals surface area contributed by atoms with Gasteiger partial charge in [-0.1, -0.05) is 163 Å². The first-order valence-electron chi connectivity index (χ1n) is 20.5. The lowest BCUT2D eigenvalue weighted by molar-refractivity contribution is 0.477. The monoisotopic (exact) mass is 753 g/mol. The molecule has 0 aromatic heterocycles. The SMILES string of the molecule is Cc1cc(C)c2c(c1)-c1ccc(-c3ccc(N4c5ccc(-c6ccccc6)cc5Oc5cc(-c6ccccc6)ccc54)cc3)cc1C21c2ccccc2-c2ccccc21. The molecule has 0 atom stereocenters. The van der Waals surface area contributed by atoms with Gasteiger partial charge >= 0.3 is 0 Å². The number of hydrogen-bond donors (Lipinski definition) is 0. The maximum absolute atomic E-state index is 6.79. The highest BCUT2D eigenvalue weighted by atomic mass is 16.5. The van der Waals surface area contributed by atoms with E-state index in [9.17, 15) is 0 Å². The molecule has 0 bridgehead atoms. The zero-order chi connectivity index (χ0) is 39.2. The largest absolute Gasteiger partial charge is 0.453 e. The summed E-state index contributed by atoms with van der Waals surface area (Å²) in [4.78, 5) is 2.34. The van der Waals surface area contributed by atoms with Gasteiger partial charge in [0.2, 0.25) is 0 Å². The minimum Gasteiger partial charge on any atom is -0.453 e. The van der Waals surface area contributed by atoms with E-state index in [2.05, 4.69) is 219 Å². The fraction of sp³-hybridized carbons (Fsp3) is 0.0526. The van der Waals surface area contributed by atoms with E-state index in [1.807, 2.05) is 0 Å². The molecule has 2 nitrogen and oxygen atoms in total. The van der Waals surface area contributed by atoms with Gasteiger partial charge in [-0.05, 0) is 140 Å². The number of nitrogens with zero attached hydrogens (tertiary/aromatic N) is 1. The van der Waals surface area contributed by atoms with Crippen LogP contribution in [0.4, 0.5) is 17.1 Å². The smallest absolute Gasteiger partial charge is 0.152 e. The molecule has 2 heteroatoms. The molecular weight excluding hydrogens is 715 g/mol. The summed E-state index contributed by atoms with van der Waals surface area (Å²) in [5.41, 5.74) is 23.2. The van der Waals surface area contributed by atoms with E-state index in [-0.39, 0.29) is 5.41 Å². The molecule has 0 saturated carbocycles. The van der Waals surface area contributed by atoms with Gasteiger partial charge in [0.05, 0.1) is 16.8 Å². The van der Waals surface area contributed by atoms with Crippen LogP contribution in [0.25, 0.3) is 55.6 Å². The maximum Gasteiger partial charge on any atom is 0.152 e. The lowest BCUT2D eigenvalue weighted by atomic mass is 9.69. The minimum atomic E-state index is -0.385. The Bertz CT molecular complexity index is 3010. The van der Waals surface area contributed by atoms with Gasteiger partial charge in [-0.25, -0.2) is 0 Å². The van der Waals surface area contributed by atoms with Crippen LogP contribution < -0.4 is 9.64 Å². The number of aryl methyl sites for hydroxylation is 2. The molecule has 59 heavy (non-hydrogen) atoms. The van der Waals surface area contributed by atoms with E-state index in [0.717, 1.165) is 50.8 Å². The molecule has 0 amide bonds. The van der Waals surface area contributed by atoms with Crippen molar-refractivity contribution in [1.29, 1.82) is 0 Å². The van der Waals surface area contributed by atoms with Crippen LogP contribution in [0.1, 0.15) is 33.4 Å². The molecule has 0 radical (unpaired) electrons. The third-order valence-electron chi connectivity index (χ3n) is 12.8. The summed E-state index contributed by atoms with van der Waals surface area (Å²) in [6, 6.07) is 73.3. The predicted molar refractivity (Wildman–Crippen MR) is 243 cm³/mol. The third-order valence-corrected chi connectivity index (χ3v) is 12.8. The van der Waals surface area contributed by atoms with Gasteiger partial charge in [-0.2, -0.15) is 0 Å². The van der Waals surface area contributed by atoms with Gasteiger partial charge in [0.15, 0.2) is 11.5 Å². The molecular formula is C57H39NO. The van der Waals surface area contributed by atoms with Crippen LogP contribution >= 0.6 is 0 Å². The molecule has 3 aliphatic rings.